The van der Waals surface area contributed by atoms with Crippen LogP contribution in [-0.2, 0) is 4.79 Å². The molecule has 2 aromatic heterocycles. The Morgan fingerprint density at radius 1 is 1.12 bits per heavy atom. The Labute approximate surface area is 197 Å². The number of benzene rings is 1. The summed E-state index contributed by atoms with van der Waals surface area (Å²) in [6, 6.07) is 11.9. The zero-order valence-corrected chi connectivity index (χ0v) is 18.9. The third-order valence-electron chi connectivity index (χ3n) is 4.87. The number of hydrogen-bond acceptors (Lipinski definition) is 7. The Hall–Kier alpha value is -3.51. The second-order valence-electron chi connectivity index (χ2n) is 7.32. The van der Waals surface area contributed by atoms with E-state index in [1.807, 2.05) is 6.07 Å². The fraction of sp³-hybridized carbons (Fsp3) is 0.273. The van der Waals surface area contributed by atoms with Gasteiger partial charge in [0, 0.05) is 31.9 Å². The number of aryl methyl sites for hydroxylation is 1. The van der Waals surface area contributed by atoms with Crippen molar-refractivity contribution in [2.45, 2.75) is 13.1 Å². The van der Waals surface area contributed by atoms with Gasteiger partial charge in [0.1, 0.15) is 0 Å². The van der Waals surface area contributed by atoms with Gasteiger partial charge in [0.25, 0.3) is 5.91 Å². The third kappa shape index (κ3) is 6.75. The number of hydrogen-bond donors (Lipinski definition) is 3. The molecule has 1 fully saturated rings. The first kappa shape index (κ1) is 25.1. The minimum absolute atomic E-state index is 0.0642. The summed E-state index contributed by atoms with van der Waals surface area (Å²) >= 11 is 1.69. The molecule has 1 aliphatic heterocycles. The maximum atomic E-state index is 12.5. The number of anilines is 2. The van der Waals surface area contributed by atoms with Gasteiger partial charge >= 0.3 is 12.1 Å². The van der Waals surface area contributed by atoms with Gasteiger partial charge in [0.2, 0.25) is 0 Å². The molecule has 0 unspecified atom stereocenters. The number of carboxylic acids is 1. The molecule has 4 rings (SSSR count). The Balaban J connectivity index is 0.000000406. The molecule has 12 heteroatoms. The number of amides is 1. The van der Waals surface area contributed by atoms with Crippen LogP contribution in [-0.4, -0.2) is 64.4 Å². The molecule has 3 N–H and O–H groups in total. The quantitative estimate of drug-likeness (QED) is 0.505. The molecular formula is C22H22F3N5O3S. The second kappa shape index (κ2) is 11.1. The lowest BCUT2D eigenvalue weighted by molar-refractivity contribution is -0.192. The molecule has 0 atom stereocenters. The predicted molar refractivity (Wildman–Crippen MR) is 122 cm³/mol. The van der Waals surface area contributed by atoms with Gasteiger partial charge in [-0.25, -0.2) is 4.79 Å². The molecular weight excluding hydrogens is 471 g/mol. The maximum Gasteiger partial charge on any atom is 0.490 e. The van der Waals surface area contributed by atoms with Crippen molar-refractivity contribution in [3.8, 4) is 11.1 Å². The standard InChI is InChI=1S/C20H21N5OS.C2HF3O2/c1-14-2-3-16(12-17(14)15-6-11-27-13-15)22-19-5-4-18(23-24-19)20(26)25-9-7-21-8-10-25;3-2(4,5)1(6)7/h2-6,11-13,21H,7-10H2,1H3,(H,22,24);(H,6,7). The average Bonchev–Trinajstić information content (AvgIpc) is 3.35. The average molecular weight is 494 g/mol. The van der Waals surface area contributed by atoms with Gasteiger partial charge in [-0.2, -0.15) is 24.5 Å². The highest BCUT2D eigenvalue weighted by atomic mass is 32.1. The Morgan fingerprint density at radius 3 is 2.38 bits per heavy atom. The highest BCUT2D eigenvalue weighted by Gasteiger charge is 2.38. The lowest BCUT2D eigenvalue weighted by Crippen LogP contribution is -2.46. The molecule has 0 spiro atoms. The predicted octanol–water partition coefficient (Wildman–Crippen LogP) is 3.94. The van der Waals surface area contributed by atoms with E-state index in [4.69, 9.17) is 9.90 Å². The van der Waals surface area contributed by atoms with Gasteiger partial charge in [-0.05, 0) is 64.7 Å². The summed E-state index contributed by atoms with van der Waals surface area (Å²) in [5.41, 5.74) is 4.95. The van der Waals surface area contributed by atoms with Crippen LogP contribution in [0, 0.1) is 6.92 Å². The maximum absolute atomic E-state index is 12.5. The Morgan fingerprint density at radius 2 is 1.82 bits per heavy atom. The Bertz CT molecular complexity index is 1120. The number of nitrogens with zero attached hydrogens (tertiary/aromatic N) is 3. The van der Waals surface area contributed by atoms with Crippen LogP contribution < -0.4 is 10.6 Å². The summed E-state index contributed by atoms with van der Waals surface area (Å²) in [4.78, 5) is 23.2. The van der Waals surface area contributed by atoms with E-state index in [0.717, 1.165) is 18.8 Å². The van der Waals surface area contributed by atoms with Crippen molar-refractivity contribution in [1.82, 2.24) is 20.4 Å². The fourth-order valence-corrected chi connectivity index (χ4v) is 3.78. The summed E-state index contributed by atoms with van der Waals surface area (Å²) in [6.07, 6.45) is -5.08. The van der Waals surface area contributed by atoms with Gasteiger partial charge < -0.3 is 20.6 Å². The van der Waals surface area contributed by atoms with E-state index in [2.05, 4.69) is 56.7 Å². The smallest absolute Gasteiger partial charge is 0.475 e. The van der Waals surface area contributed by atoms with Crippen LogP contribution in [0.25, 0.3) is 11.1 Å². The zero-order valence-electron chi connectivity index (χ0n) is 18.1. The van der Waals surface area contributed by atoms with E-state index < -0.39 is 12.1 Å². The fourth-order valence-electron chi connectivity index (χ4n) is 3.12. The molecule has 3 aromatic rings. The van der Waals surface area contributed by atoms with Crippen molar-refractivity contribution in [2.75, 3.05) is 31.5 Å². The monoisotopic (exact) mass is 493 g/mol. The largest absolute Gasteiger partial charge is 0.490 e. The molecule has 1 aromatic carbocycles. The van der Waals surface area contributed by atoms with Crippen molar-refractivity contribution in [3.63, 3.8) is 0 Å². The first-order valence-electron chi connectivity index (χ1n) is 10.2. The number of carbonyl (C=O) groups is 2. The van der Waals surface area contributed by atoms with E-state index in [1.165, 1.54) is 16.7 Å². The number of carbonyl (C=O) groups excluding carboxylic acids is 1. The number of carboxylic acid groups (broad SMARTS) is 1. The molecule has 0 radical (unpaired) electrons. The molecule has 0 bridgehead atoms. The van der Waals surface area contributed by atoms with E-state index in [1.54, 1.807) is 28.4 Å². The van der Waals surface area contributed by atoms with Gasteiger partial charge in [-0.3, -0.25) is 4.79 Å². The van der Waals surface area contributed by atoms with Crippen molar-refractivity contribution >= 4 is 34.7 Å². The van der Waals surface area contributed by atoms with Crippen LogP contribution in [0.15, 0.2) is 47.2 Å². The number of alkyl halides is 3. The Kier molecular flexibility index (Phi) is 8.18. The summed E-state index contributed by atoms with van der Waals surface area (Å²) < 4.78 is 31.7. The van der Waals surface area contributed by atoms with E-state index in [-0.39, 0.29) is 5.91 Å². The normalized spacial score (nSPS) is 13.6. The van der Waals surface area contributed by atoms with Crippen LogP contribution in [0.2, 0.25) is 0 Å². The third-order valence-corrected chi connectivity index (χ3v) is 5.56. The van der Waals surface area contributed by atoms with E-state index in [0.29, 0.717) is 24.6 Å². The molecule has 0 aliphatic carbocycles. The first-order chi connectivity index (χ1) is 16.1. The summed E-state index contributed by atoms with van der Waals surface area (Å²) in [7, 11) is 0. The number of aromatic nitrogens is 2. The summed E-state index contributed by atoms with van der Waals surface area (Å²) in [5.74, 6) is -2.20. The van der Waals surface area contributed by atoms with Crippen molar-refractivity contribution in [2.24, 2.45) is 0 Å². The SMILES string of the molecule is Cc1ccc(Nc2ccc(C(=O)N3CCNCC3)nn2)cc1-c1ccsc1.O=C(O)C(F)(F)F. The van der Waals surface area contributed by atoms with Crippen molar-refractivity contribution < 1.29 is 27.9 Å². The molecule has 3 heterocycles. The number of piperazine rings is 1. The number of halogens is 3. The summed E-state index contributed by atoms with van der Waals surface area (Å²) in [6.45, 7) is 5.15. The summed E-state index contributed by atoms with van der Waals surface area (Å²) in [5, 5.41) is 26.2. The van der Waals surface area contributed by atoms with Crippen LogP contribution in [0.3, 0.4) is 0 Å². The number of aliphatic carboxylic acids is 1. The van der Waals surface area contributed by atoms with Crippen molar-refractivity contribution in [1.29, 1.82) is 0 Å². The topological polar surface area (TPSA) is 107 Å². The van der Waals surface area contributed by atoms with Gasteiger partial charge in [0.15, 0.2) is 11.5 Å². The van der Waals surface area contributed by atoms with Gasteiger partial charge in [0.05, 0.1) is 0 Å². The van der Waals surface area contributed by atoms with Gasteiger partial charge in [-0.15, -0.1) is 10.2 Å². The second-order valence-corrected chi connectivity index (χ2v) is 8.10. The lowest BCUT2D eigenvalue weighted by atomic mass is 10.0. The van der Waals surface area contributed by atoms with E-state index >= 15 is 0 Å². The minimum Gasteiger partial charge on any atom is -0.475 e. The minimum atomic E-state index is -5.08. The van der Waals surface area contributed by atoms with E-state index in [9.17, 15) is 18.0 Å². The molecule has 180 valence electrons. The van der Waals surface area contributed by atoms with Crippen LogP contribution in [0.1, 0.15) is 16.1 Å². The first-order valence-corrected chi connectivity index (χ1v) is 11.1. The molecule has 34 heavy (non-hydrogen) atoms. The van der Waals surface area contributed by atoms with Crippen LogP contribution in [0.5, 0.6) is 0 Å². The van der Waals surface area contributed by atoms with Gasteiger partial charge in [-0.1, -0.05) is 6.07 Å². The molecule has 1 aliphatic rings. The molecule has 1 amide bonds. The highest BCUT2D eigenvalue weighted by Crippen LogP contribution is 2.29. The molecule has 8 nitrogen and oxygen atoms in total. The lowest BCUT2D eigenvalue weighted by Gasteiger charge is -2.26. The number of rotatable bonds is 4. The number of thiophene rings is 1. The molecule has 1 saturated heterocycles. The molecule has 0 saturated carbocycles. The van der Waals surface area contributed by atoms with Crippen LogP contribution >= 0.6 is 11.3 Å². The number of nitrogens with one attached hydrogen (secondary N) is 2. The van der Waals surface area contributed by atoms with Crippen molar-refractivity contribution in [3.05, 3.63) is 58.4 Å². The highest BCUT2D eigenvalue weighted by molar-refractivity contribution is 7.08. The zero-order chi connectivity index (χ0) is 24.7. The van der Waals surface area contributed by atoms with Crippen LogP contribution in [0.4, 0.5) is 24.7 Å².